The van der Waals surface area contributed by atoms with E-state index in [1.165, 1.54) is 0 Å². The Morgan fingerprint density at radius 1 is 1.55 bits per heavy atom. The Bertz CT molecular complexity index is 143. The van der Waals surface area contributed by atoms with Crippen LogP contribution < -0.4 is 0 Å². The monoisotopic (exact) mass is 232 g/mol. The lowest BCUT2D eigenvalue weighted by molar-refractivity contribution is 0.137. The fraction of sp³-hybridized carbons (Fsp3) is 0.667. The summed E-state index contributed by atoms with van der Waals surface area (Å²) in [7, 11) is 0. The van der Waals surface area contributed by atoms with E-state index in [4.69, 9.17) is 38.0 Å². The Balaban J connectivity index is 3.70. The quantitative estimate of drug-likeness (QED) is 0.412. The Morgan fingerprint density at radius 2 is 2.00 bits per heavy atom. The minimum Gasteiger partial charge on any atom is -0.373 e. The summed E-state index contributed by atoms with van der Waals surface area (Å²) >= 11 is 17.0. The minimum atomic E-state index is -2.67. The summed E-state index contributed by atoms with van der Waals surface area (Å²) < 4.78 is 5.23. The maximum absolute atomic E-state index is 5.68. The van der Waals surface area contributed by atoms with Gasteiger partial charge in [0.05, 0.1) is 12.3 Å². The summed E-state index contributed by atoms with van der Waals surface area (Å²) in [5, 5.41) is 0. The van der Waals surface area contributed by atoms with Crippen LogP contribution in [-0.4, -0.2) is 18.3 Å². The van der Waals surface area contributed by atoms with E-state index in [1.54, 1.807) is 6.92 Å². The van der Waals surface area contributed by atoms with Gasteiger partial charge in [0.25, 0.3) is 0 Å². The third-order valence-corrected chi connectivity index (χ3v) is 4.90. The molecule has 1 nitrogen and oxygen atoms in total. The van der Waals surface area contributed by atoms with E-state index in [9.17, 15) is 0 Å². The highest BCUT2D eigenvalue weighted by Gasteiger charge is 2.34. The maximum atomic E-state index is 5.68. The smallest absolute Gasteiger partial charge is 0.368 e. The molecule has 0 radical (unpaired) electrons. The molecule has 0 aliphatic rings. The van der Waals surface area contributed by atoms with Gasteiger partial charge in [0.1, 0.15) is 0 Å². The second kappa shape index (κ2) is 4.73. The highest BCUT2D eigenvalue weighted by Crippen LogP contribution is 2.26. The van der Waals surface area contributed by atoms with Gasteiger partial charge in [-0.1, -0.05) is 12.2 Å². The number of hydrogen-bond donors (Lipinski definition) is 0. The maximum Gasteiger partial charge on any atom is 0.368 e. The molecule has 0 aromatic heterocycles. The molecule has 0 N–H and O–H groups in total. The van der Waals surface area contributed by atoms with E-state index >= 15 is 0 Å². The van der Waals surface area contributed by atoms with Crippen LogP contribution in [-0.2, 0) is 4.74 Å². The molecule has 0 aliphatic carbocycles. The molecule has 0 bridgehead atoms. The van der Waals surface area contributed by atoms with Gasteiger partial charge >= 0.3 is 6.00 Å². The first-order valence-corrected chi connectivity index (χ1v) is 8.28. The molecule has 0 spiro atoms. The molecule has 5 heteroatoms. The van der Waals surface area contributed by atoms with Crippen molar-refractivity contribution in [3.8, 4) is 0 Å². The van der Waals surface area contributed by atoms with Gasteiger partial charge in [-0.25, -0.2) is 0 Å². The molecule has 0 aromatic rings. The van der Waals surface area contributed by atoms with E-state index < -0.39 is 6.00 Å². The third-order valence-electron chi connectivity index (χ3n) is 1.04. The van der Waals surface area contributed by atoms with Crippen LogP contribution in [0.1, 0.15) is 13.8 Å². The summed E-state index contributed by atoms with van der Waals surface area (Å²) in [5.41, 5.74) is 0.657. The van der Waals surface area contributed by atoms with Crippen molar-refractivity contribution in [2.45, 2.75) is 19.6 Å². The van der Waals surface area contributed by atoms with Crippen molar-refractivity contribution < 1.29 is 4.74 Å². The normalized spacial score (nSPS) is 14.6. The van der Waals surface area contributed by atoms with Crippen molar-refractivity contribution in [3.05, 3.63) is 12.2 Å². The van der Waals surface area contributed by atoms with Crippen LogP contribution >= 0.6 is 33.2 Å². The van der Waals surface area contributed by atoms with Crippen LogP contribution in [0, 0.1) is 0 Å². The standard InChI is InChI=1S/C6H11Cl3OSi/c1-5(2)4-10-6(3)11(7,8)9/h6H,1,4H2,2-3H3. The zero-order valence-corrected chi connectivity index (χ0v) is 9.80. The molecule has 0 aliphatic heterocycles. The van der Waals surface area contributed by atoms with Crippen molar-refractivity contribution in [1.29, 1.82) is 0 Å². The van der Waals surface area contributed by atoms with Crippen LogP contribution in [0.15, 0.2) is 12.2 Å². The van der Waals surface area contributed by atoms with Gasteiger partial charge in [-0.3, -0.25) is 0 Å². The lowest BCUT2D eigenvalue weighted by Gasteiger charge is -2.17. The first-order chi connectivity index (χ1) is 4.84. The molecule has 1 atom stereocenters. The first kappa shape index (κ1) is 11.8. The van der Waals surface area contributed by atoms with Gasteiger partial charge in [-0.05, 0) is 13.8 Å². The third kappa shape index (κ3) is 5.99. The minimum absolute atomic E-state index is 0.274. The Labute approximate surface area is 82.4 Å². The van der Waals surface area contributed by atoms with Gasteiger partial charge < -0.3 is 4.74 Å². The van der Waals surface area contributed by atoms with Crippen LogP contribution in [0.3, 0.4) is 0 Å². The molecule has 0 aromatic carbocycles. The Hall–Kier alpha value is 0.787. The molecule has 0 rings (SSSR count). The van der Waals surface area contributed by atoms with E-state index in [1.807, 2.05) is 6.92 Å². The van der Waals surface area contributed by atoms with E-state index in [0.717, 1.165) is 5.57 Å². The zero-order valence-electron chi connectivity index (χ0n) is 6.53. The van der Waals surface area contributed by atoms with E-state index in [2.05, 4.69) is 6.58 Å². The molecule has 11 heavy (non-hydrogen) atoms. The van der Waals surface area contributed by atoms with Gasteiger partial charge in [-0.15, -0.1) is 33.2 Å². The average molecular weight is 234 g/mol. The number of halogens is 3. The molecular formula is C6H11Cl3OSi. The zero-order chi connectivity index (χ0) is 9.07. The highest BCUT2D eigenvalue weighted by atomic mass is 35.8. The highest BCUT2D eigenvalue weighted by molar-refractivity contribution is 7.65. The predicted molar refractivity (Wildman–Crippen MR) is 53.5 cm³/mol. The summed E-state index contributed by atoms with van der Waals surface area (Å²) in [5.74, 6) is 0. The van der Waals surface area contributed by atoms with Crippen molar-refractivity contribution in [1.82, 2.24) is 0 Å². The van der Waals surface area contributed by atoms with Crippen molar-refractivity contribution in [3.63, 3.8) is 0 Å². The van der Waals surface area contributed by atoms with Gasteiger partial charge in [0.2, 0.25) is 0 Å². The van der Waals surface area contributed by atoms with Crippen molar-refractivity contribution >= 4 is 39.2 Å². The molecular weight excluding hydrogens is 223 g/mol. The predicted octanol–water partition coefficient (Wildman–Crippen LogP) is 3.16. The number of ether oxygens (including phenoxy) is 1. The second-order valence-corrected chi connectivity index (χ2v) is 11.5. The number of rotatable bonds is 4. The SMILES string of the molecule is C=C(C)COC(C)[Si](Cl)(Cl)Cl. The fourth-order valence-corrected chi connectivity index (χ4v) is 1.20. The lowest BCUT2D eigenvalue weighted by Crippen LogP contribution is -2.31. The van der Waals surface area contributed by atoms with E-state index in [-0.39, 0.29) is 5.73 Å². The molecule has 0 heterocycles. The molecule has 66 valence electrons. The second-order valence-electron chi connectivity index (χ2n) is 2.45. The molecule has 0 fully saturated rings. The van der Waals surface area contributed by atoms with Crippen LogP contribution in [0.4, 0.5) is 0 Å². The van der Waals surface area contributed by atoms with Crippen molar-refractivity contribution in [2.75, 3.05) is 6.61 Å². The molecule has 0 amide bonds. The average Bonchev–Trinajstić information content (AvgIpc) is 1.80. The van der Waals surface area contributed by atoms with Crippen LogP contribution in [0.2, 0.25) is 0 Å². The molecule has 0 saturated heterocycles. The molecule has 0 saturated carbocycles. The van der Waals surface area contributed by atoms with E-state index in [0.29, 0.717) is 6.61 Å². The van der Waals surface area contributed by atoms with Crippen molar-refractivity contribution in [2.24, 2.45) is 0 Å². The summed E-state index contributed by atoms with van der Waals surface area (Å²) in [6, 6.07) is -2.67. The number of hydrogen-bond acceptors (Lipinski definition) is 1. The molecule has 1 unspecified atom stereocenters. The van der Waals surface area contributed by atoms with Gasteiger partial charge in [0, 0.05) is 0 Å². The summed E-state index contributed by atoms with van der Waals surface area (Å²) in [6.07, 6.45) is 0. The van der Waals surface area contributed by atoms with Crippen LogP contribution in [0.5, 0.6) is 0 Å². The fourth-order valence-electron chi connectivity index (χ4n) is 0.362. The first-order valence-electron chi connectivity index (χ1n) is 3.16. The van der Waals surface area contributed by atoms with Crippen LogP contribution in [0.25, 0.3) is 0 Å². The summed E-state index contributed by atoms with van der Waals surface area (Å²) in [4.78, 5) is 0. The summed E-state index contributed by atoms with van der Waals surface area (Å²) in [6.45, 7) is 7.76. The largest absolute Gasteiger partial charge is 0.373 e. The topological polar surface area (TPSA) is 9.23 Å². The lowest BCUT2D eigenvalue weighted by atomic mass is 10.4. The van der Waals surface area contributed by atoms with Gasteiger partial charge in [-0.2, -0.15) is 0 Å². The Kier molecular flexibility index (Phi) is 5.06. The van der Waals surface area contributed by atoms with Gasteiger partial charge in [0.15, 0.2) is 0 Å². The Morgan fingerprint density at radius 3 is 2.27 bits per heavy atom.